The smallest absolute Gasteiger partial charge is 0.0839 e. The van der Waals surface area contributed by atoms with Crippen LogP contribution in [0.4, 0.5) is 0 Å². The fourth-order valence-electron chi connectivity index (χ4n) is 1.00. The Kier molecular flexibility index (Phi) is 2.97. The minimum absolute atomic E-state index is 0.973. The quantitative estimate of drug-likeness (QED) is 0.667. The maximum Gasteiger partial charge on any atom is 0.0839 e. The van der Waals surface area contributed by atoms with Crippen LogP contribution >= 0.6 is 0 Å². The summed E-state index contributed by atoms with van der Waals surface area (Å²) in [4.78, 5) is 8.58. The van der Waals surface area contributed by atoms with Crippen LogP contribution in [0.1, 0.15) is 30.4 Å². The average Bonchev–Trinajstić information content (AvgIpc) is 2.03. The normalized spacial score (nSPS) is 10.9. The lowest BCUT2D eigenvalue weighted by Crippen LogP contribution is -1.92. The Morgan fingerprint density at radius 3 is 2.75 bits per heavy atom. The number of allylic oxidation sites excluding steroid dienone is 1. The summed E-state index contributed by atoms with van der Waals surface area (Å²) < 4.78 is 0. The number of aryl methyl sites for hydroxylation is 2. The standard InChI is InChI=1S/C10H14N2/c1-4-5-6-10-9(3)12-8(2)7-11-10/h5-7H,4H2,1-3H3/b6-5-. The first-order chi connectivity index (χ1) is 5.74. The minimum atomic E-state index is 0.973. The van der Waals surface area contributed by atoms with Gasteiger partial charge in [0.2, 0.25) is 0 Å². The molecule has 1 heterocycles. The summed E-state index contributed by atoms with van der Waals surface area (Å²) in [7, 11) is 0. The van der Waals surface area contributed by atoms with Crippen LogP contribution in [0.2, 0.25) is 0 Å². The molecule has 0 saturated carbocycles. The molecule has 0 fully saturated rings. The average molecular weight is 162 g/mol. The molecular weight excluding hydrogens is 148 g/mol. The molecule has 0 N–H and O–H groups in total. The second-order valence-corrected chi connectivity index (χ2v) is 2.79. The highest BCUT2D eigenvalue weighted by Crippen LogP contribution is 2.04. The van der Waals surface area contributed by atoms with Crippen molar-refractivity contribution in [3.05, 3.63) is 29.4 Å². The number of nitrogens with zero attached hydrogens (tertiary/aromatic N) is 2. The monoisotopic (exact) mass is 162 g/mol. The molecule has 0 radical (unpaired) electrons. The van der Waals surface area contributed by atoms with E-state index < -0.39 is 0 Å². The molecule has 0 aromatic carbocycles. The van der Waals surface area contributed by atoms with Gasteiger partial charge >= 0.3 is 0 Å². The van der Waals surface area contributed by atoms with Gasteiger partial charge < -0.3 is 0 Å². The summed E-state index contributed by atoms with van der Waals surface area (Å²) in [6, 6.07) is 0. The first-order valence-electron chi connectivity index (χ1n) is 4.21. The van der Waals surface area contributed by atoms with Crippen molar-refractivity contribution >= 4 is 6.08 Å². The molecule has 0 aliphatic rings. The summed E-state index contributed by atoms with van der Waals surface area (Å²) in [6.07, 6.45) is 6.94. The van der Waals surface area contributed by atoms with E-state index >= 15 is 0 Å². The van der Waals surface area contributed by atoms with Crippen molar-refractivity contribution in [1.82, 2.24) is 9.97 Å². The van der Waals surface area contributed by atoms with Crippen LogP contribution in [-0.2, 0) is 0 Å². The molecule has 0 spiro atoms. The maximum atomic E-state index is 4.31. The molecule has 0 saturated heterocycles. The highest BCUT2D eigenvalue weighted by atomic mass is 14.8. The molecule has 12 heavy (non-hydrogen) atoms. The van der Waals surface area contributed by atoms with E-state index in [-0.39, 0.29) is 0 Å². The summed E-state index contributed by atoms with van der Waals surface area (Å²) in [5.41, 5.74) is 2.95. The lowest BCUT2D eigenvalue weighted by atomic mass is 10.2. The predicted octanol–water partition coefficient (Wildman–Crippen LogP) is 2.52. The minimum Gasteiger partial charge on any atom is -0.255 e. The summed E-state index contributed by atoms with van der Waals surface area (Å²) in [5, 5.41) is 0. The Bertz CT molecular complexity index is 290. The molecule has 0 amide bonds. The molecule has 0 bridgehead atoms. The third-order valence-electron chi connectivity index (χ3n) is 1.62. The van der Waals surface area contributed by atoms with Gasteiger partial charge in [0.25, 0.3) is 0 Å². The first-order valence-corrected chi connectivity index (χ1v) is 4.21. The van der Waals surface area contributed by atoms with Crippen molar-refractivity contribution in [1.29, 1.82) is 0 Å². The van der Waals surface area contributed by atoms with Gasteiger partial charge in [-0.25, -0.2) is 0 Å². The number of hydrogen-bond donors (Lipinski definition) is 0. The Labute approximate surface area is 73.4 Å². The lowest BCUT2D eigenvalue weighted by molar-refractivity contribution is 1.04. The molecule has 1 aromatic heterocycles. The molecular formula is C10H14N2. The van der Waals surface area contributed by atoms with Crippen molar-refractivity contribution in [3.63, 3.8) is 0 Å². The molecule has 1 aromatic rings. The second-order valence-electron chi connectivity index (χ2n) is 2.79. The van der Waals surface area contributed by atoms with Gasteiger partial charge in [-0.05, 0) is 26.3 Å². The van der Waals surface area contributed by atoms with E-state index in [2.05, 4.69) is 23.0 Å². The first kappa shape index (κ1) is 8.91. The topological polar surface area (TPSA) is 25.8 Å². The van der Waals surface area contributed by atoms with Gasteiger partial charge in [0, 0.05) is 6.20 Å². The Hall–Kier alpha value is -1.18. The van der Waals surface area contributed by atoms with E-state index in [0.717, 1.165) is 23.5 Å². The maximum absolute atomic E-state index is 4.31. The number of aromatic nitrogens is 2. The van der Waals surface area contributed by atoms with Gasteiger partial charge in [-0.15, -0.1) is 0 Å². The van der Waals surface area contributed by atoms with Crippen molar-refractivity contribution in [2.75, 3.05) is 0 Å². The number of hydrogen-bond acceptors (Lipinski definition) is 2. The SMILES string of the molecule is CC/C=C\c1ncc(C)nc1C. The molecule has 2 nitrogen and oxygen atoms in total. The van der Waals surface area contributed by atoms with Crippen LogP contribution in [0.5, 0.6) is 0 Å². The van der Waals surface area contributed by atoms with Gasteiger partial charge in [-0.2, -0.15) is 0 Å². The molecule has 64 valence electrons. The molecule has 0 aliphatic heterocycles. The van der Waals surface area contributed by atoms with Crippen molar-refractivity contribution in [2.24, 2.45) is 0 Å². The zero-order valence-electron chi connectivity index (χ0n) is 7.83. The van der Waals surface area contributed by atoms with Gasteiger partial charge in [0.05, 0.1) is 17.1 Å². The fraction of sp³-hybridized carbons (Fsp3) is 0.400. The summed E-state index contributed by atoms with van der Waals surface area (Å²) in [6.45, 7) is 6.04. The van der Waals surface area contributed by atoms with E-state index in [9.17, 15) is 0 Å². The van der Waals surface area contributed by atoms with Crippen LogP contribution < -0.4 is 0 Å². The van der Waals surface area contributed by atoms with Gasteiger partial charge in [0.1, 0.15) is 0 Å². The molecule has 2 heteroatoms. The molecule has 1 rings (SSSR count). The van der Waals surface area contributed by atoms with Gasteiger partial charge in [-0.1, -0.05) is 13.0 Å². The summed E-state index contributed by atoms with van der Waals surface area (Å²) >= 11 is 0. The van der Waals surface area contributed by atoms with E-state index in [1.54, 1.807) is 6.20 Å². The third-order valence-corrected chi connectivity index (χ3v) is 1.62. The van der Waals surface area contributed by atoms with Crippen LogP contribution in [0.15, 0.2) is 12.3 Å². The Balaban J connectivity index is 2.94. The zero-order valence-corrected chi connectivity index (χ0v) is 7.83. The molecule has 0 unspecified atom stereocenters. The number of rotatable bonds is 2. The van der Waals surface area contributed by atoms with E-state index in [0.29, 0.717) is 0 Å². The molecule has 0 aliphatic carbocycles. The Morgan fingerprint density at radius 2 is 2.17 bits per heavy atom. The largest absolute Gasteiger partial charge is 0.255 e. The van der Waals surface area contributed by atoms with Crippen molar-refractivity contribution < 1.29 is 0 Å². The van der Waals surface area contributed by atoms with Crippen LogP contribution in [-0.4, -0.2) is 9.97 Å². The van der Waals surface area contributed by atoms with E-state index in [1.807, 2.05) is 19.9 Å². The van der Waals surface area contributed by atoms with Crippen molar-refractivity contribution in [3.8, 4) is 0 Å². The Morgan fingerprint density at radius 1 is 1.42 bits per heavy atom. The van der Waals surface area contributed by atoms with Crippen LogP contribution in [0, 0.1) is 13.8 Å². The van der Waals surface area contributed by atoms with Crippen molar-refractivity contribution in [2.45, 2.75) is 27.2 Å². The van der Waals surface area contributed by atoms with Crippen LogP contribution in [0.25, 0.3) is 6.08 Å². The fourth-order valence-corrected chi connectivity index (χ4v) is 1.00. The van der Waals surface area contributed by atoms with E-state index in [4.69, 9.17) is 0 Å². The van der Waals surface area contributed by atoms with E-state index in [1.165, 1.54) is 0 Å². The van der Waals surface area contributed by atoms with Crippen LogP contribution in [0.3, 0.4) is 0 Å². The van der Waals surface area contributed by atoms with Gasteiger partial charge in [-0.3, -0.25) is 9.97 Å². The second kappa shape index (κ2) is 4.00. The highest BCUT2D eigenvalue weighted by molar-refractivity contribution is 5.46. The zero-order chi connectivity index (χ0) is 8.97. The highest BCUT2D eigenvalue weighted by Gasteiger charge is 1.95. The third kappa shape index (κ3) is 2.16. The lowest BCUT2D eigenvalue weighted by Gasteiger charge is -1.98. The molecule has 0 atom stereocenters. The van der Waals surface area contributed by atoms with Gasteiger partial charge in [0.15, 0.2) is 0 Å². The summed E-state index contributed by atoms with van der Waals surface area (Å²) in [5.74, 6) is 0. The predicted molar refractivity (Wildman–Crippen MR) is 50.8 cm³/mol.